The first-order valence-corrected chi connectivity index (χ1v) is 11.1. The molecule has 0 radical (unpaired) electrons. The molecule has 1 saturated heterocycles. The summed E-state index contributed by atoms with van der Waals surface area (Å²) in [5, 5.41) is 10.8. The molecule has 1 unspecified atom stereocenters. The number of hydrogen-bond donors (Lipinski definition) is 2. The van der Waals surface area contributed by atoms with Crippen molar-refractivity contribution in [2.24, 2.45) is 5.73 Å². The molecule has 2 heterocycles. The maximum Gasteiger partial charge on any atom is 0.417 e. The van der Waals surface area contributed by atoms with Gasteiger partial charge in [0.25, 0.3) is 0 Å². The van der Waals surface area contributed by atoms with E-state index < -0.39 is 35.9 Å². The highest BCUT2D eigenvalue weighted by Gasteiger charge is 2.56. The number of rotatable bonds is 7. The first-order chi connectivity index (χ1) is 15.8. The number of ether oxygens (including phenoxy) is 1. The summed E-state index contributed by atoms with van der Waals surface area (Å²) in [6.07, 6.45) is -3.46. The first-order valence-electron chi connectivity index (χ1n) is 11.1. The van der Waals surface area contributed by atoms with Crippen molar-refractivity contribution in [2.75, 3.05) is 31.2 Å². The van der Waals surface area contributed by atoms with Crippen LogP contribution in [0.3, 0.4) is 0 Å². The van der Waals surface area contributed by atoms with E-state index in [1.165, 1.54) is 24.3 Å². The summed E-state index contributed by atoms with van der Waals surface area (Å²) >= 11 is 0. The summed E-state index contributed by atoms with van der Waals surface area (Å²) in [5.74, 6) is 0.135. The maximum absolute atomic E-state index is 14.1. The topological polar surface area (TPSA) is 71.6 Å². The molecule has 3 rings (SSSR count). The number of nitrogens with two attached hydrogens (primary N) is 1. The van der Waals surface area contributed by atoms with Gasteiger partial charge in [-0.25, -0.2) is 9.37 Å². The van der Waals surface area contributed by atoms with E-state index in [9.17, 15) is 22.7 Å². The van der Waals surface area contributed by atoms with Gasteiger partial charge >= 0.3 is 6.18 Å². The van der Waals surface area contributed by atoms with Crippen molar-refractivity contribution in [3.05, 3.63) is 64.7 Å². The van der Waals surface area contributed by atoms with Gasteiger partial charge in [-0.1, -0.05) is 19.9 Å². The van der Waals surface area contributed by atoms with Crippen LogP contribution in [0.15, 0.2) is 42.2 Å². The lowest BCUT2D eigenvalue weighted by molar-refractivity contribution is -0.266. The second kappa shape index (κ2) is 9.92. The third-order valence-electron chi connectivity index (χ3n) is 6.14. The van der Waals surface area contributed by atoms with Crippen molar-refractivity contribution < 1.29 is 27.4 Å². The van der Waals surface area contributed by atoms with Crippen molar-refractivity contribution in [2.45, 2.75) is 50.8 Å². The summed E-state index contributed by atoms with van der Waals surface area (Å²) < 4.78 is 61.5. The molecule has 1 aliphatic rings. The van der Waals surface area contributed by atoms with Crippen LogP contribution in [0.25, 0.3) is 6.08 Å². The third kappa shape index (κ3) is 6.07. The third-order valence-corrected chi connectivity index (χ3v) is 6.14. The normalized spacial score (nSPS) is 17.5. The SMILES string of the molecule is Cc1ccc(F)cc1C(C)(C)CC(O)(C/C(N)=C/c1ccnc(N2CCOCC2)c1)C(F)(F)F. The van der Waals surface area contributed by atoms with E-state index in [4.69, 9.17) is 10.5 Å². The Labute approximate surface area is 197 Å². The summed E-state index contributed by atoms with van der Waals surface area (Å²) in [6, 6.07) is 7.37. The summed E-state index contributed by atoms with van der Waals surface area (Å²) in [4.78, 5) is 6.34. The van der Waals surface area contributed by atoms with Crippen molar-refractivity contribution in [1.29, 1.82) is 0 Å². The number of morpholine rings is 1. The van der Waals surface area contributed by atoms with Gasteiger partial charge in [-0.05, 0) is 65.8 Å². The molecule has 1 aliphatic heterocycles. The van der Waals surface area contributed by atoms with Crippen LogP contribution in [0.2, 0.25) is 0 Å². The molecule has 0 amide bonds. The maximum atomic E-state index is 14.1. The molecule has 0 aliphatic carbocycles. The number of anilines is 1. The van der Waals surface area contributed by atoms with Gasteiger partial charge in [-0.15, -0.1) is 0 Å². The molecule has 1 fully saturated rings. The summed E-state index contributed by atoms with van der Waals surface area (Å²) in [6.45, 7) is 7.29. The molecule has 5 nitrogen and oxygen atoms in total. The van der Waals surface area contributed by atoms with E-state index in [0.717, 1.165) is 0 Å². The number of benzene rings is 1. The molecular weight excluding hydrogens is 450 g/mol. The Morgan fingerprint density at radius 2 is 1.85 bits per heavy atom. The predicted molar refractivity (Wildman–Crippen MR) is 124 cm³/mol. The van der Waals surface area contributed by atoms with E-state index in [1.54, 1.807) is 39.1 Å². The number of aryl methyl sites for hydroxylation is 1. The van der Waals surface area contributed by atoms with Gasteiger partial charge in [-0.2, -0.15) is 13.2 Å². The second-order valence-electron chi connectivity index (χ2n) is 9.49. The number of nitrogens with zero attached hydrogens (tertiary/aromatic N) is 2. The Morgan fingerprint density at radius 1 is 1.18 bits per heavy atom. The van der Waals surface area contributed by atoms with Gasteiger partial charge in [0.05, 0.1) is 13.2 Å². The Balaban J connectivity index is 1.86. The quantitative estimate of drug-likeness (QED) is 0.560. The van der Waals surface area contributed by atoms with Gasteiger partial charge in [0, 0.05) is 31.4 Å². The molecule has 1 aromatic carbocycles. The van der Waals surface area contributed by atoms with E-state index >= 15 is 0 Å². The fraction of sp³-hybridized carbons (Fsp3) is 0.480. The summed E-state index contributed by atoms with van der Waals surface area (Å²) in [7, 11) is 0. The lowest BCUT2D eigenvalue weighted by atomic mass is 9.72. The number of hydrogen-bond acceptors (Lipinski definition) is 5. The fourth-order valence-electron chi connectivity index (χ4n) is 4.50. The predicted octanol–water partition coefficient (Wildman–Crippen LogP) is 4.72. The lowest BCUT2D eigenvalue weighted by Gasteiger charge is -2.38. The van der Waals surface area contributed by atoms with E-state index in [-0.39, 0.29) is 5.70 Å². The molecule has 0 spiro atoms. The van der Waals surface area contributed by atoms with Gasteiger partial charge in [0.2, 0.25) is 0 Å². The molecule has 1 atom stereocenters. The standard InChI is InChI=1S/C25H31F4N3O2/c1-17-4-5-19(26)14-21(17)23(2,3)16-24(33,25(27,28)29)15-20(30)12-18-6-7-31-22(13-18)32-8-10-34-11-9-32/h4-7,12-14,33H,8-11,15-16,30H2,1-3H3/b20-12-. The summed E-state index contributed by atoms with van der Waals surface area (Å²) in [5.41, 5.74) is 3.26. The van der Waals surface area contributed by atoms with Crippen LogP contribution in [0.4, 0.5) is 23.4 Å². The highest BCUT2D eigenvalue weighted by molar-refractivity contribution is 5.57. The number of aromatic nitrogens is 1. The van der Waals surface area contributed by atoms with Crippen molar-refractivity contribution in [3.8, 4) is 0 Å². The van der Waals surface area contributed by atoms with Crippen LogP contribution < -0.4 is 10.6 Å². The molecule has 3 N–H and O–H groups in total. The fourth-order valence-corrected chi connectivity index (χ4v) is 4.50. The average Bonchev–Trinajstić information content (AvgIpc) is 2.75. The van der Waals surface area contributed by atoms with E-state index in [1.807, 2.05) is 4.90 Å². The molecule has 9 heteroatoms. The largest absolute Gasteiger partial charge is 0.417 e. The zero-order valence-electron chi connectivity index (χ0n) is 19.6. The Morgan fingerprint density at radius 3 is 2.50 bits per heavy atom. The zero-order valence-corrected chi connectivity index (χ0v) is 19.6. The molecular formula is C25H31F4N3O2. The number of halogens is 4. The number of alkyl halides is 3. The van der Waals surface area contributed by atoms with Gasteiger partial charge in [0.1, 0.15) is 11.6 Å². The smallest absolute Gasteiger partial charge is 0.402 e. The van der Waals surface area contributed by atoms with E-state index in [2.05, 4.69) is 4.98 Å². The second-order valence-corrected chi connectivity index (χ2v) is 9.49. The molecule has 0 saturated carbocycles. The van der Waals surface area contributed by atoms with Crippen molar-refractivity contribution in [1.82, 2.24) is 4.98 Å². The average molecular weight is 482 g/mol. The van der Waals surface area contributed by atoms with Gasteiger partial charge < -0.3 is 20.5 Å². The van der Waals surface area contributed by atoms with Gasteiger partial charge in [0.15, 0.2) is 5.60 Å². The zero-order chi connectivity index (χ0) is 25.1. The minimum atomic E-state index is -4.94. The molecule has 2 aromatic rings. The minimum Gasteiger partial charge on any atom is -0.402 e. The highest BCUT2D eigenvalue weighted by Crippen LogP contribution is 2.44. The monoisotopic (exact) mass is 481 g/mol. The van der Waals surface area contributed by atoms with Crippen molar-refractivity contribution >= 4 is 11.9 Å². The molecule has 34 heavy (non-hydrogen) atoms. The number of aliphatic hydroxyl groups is 1. The van der Waals surface area contributed by atoms with Crippen LogP contribution in [-0.4, -0.2) is 48.2 Å². The molecule has 186 valence electrons. The Hall–Kier alpha value is -2.65. The molecule has 1 aromatic heterocycles. The highest BCUT2D eigenvalue weighted by atomic mass is 19.4. The van der Waals surface area contributed by atoms with E-state index in [0.29, 0.717) is 48.8 Å². The van der Waals surface area contributed by atoms with Crippen molar-refractivity contribution in [3.63, 3.8) is 0 Å². The first kappa shape index (κ1) is 26.0. The van der Waals surface area contributed by atoms with Crippen LogP contribution in [0, 0.1) is 12.7 Å². The minimum absolute atomic E-state index is 0.120. The van der Waals surface area contributed by atoms with Crippen LogP contribution >= 0.6 is 0 Å². The molecule has 0 bridgehead atoms. The Kier molecular flexibility index (Phi) is 7.57. The lowest BCUT2D eigenvalue weighted by Crippen LogP contribution is -2.50. The van der Waals surface area contributed by atoms with Crippen LogP contribution in [-0.2, 0) is 10.2 Å². The number of pyridine rings is 1. The van der Waals surface area contributed by atoms with Crippen LogP contribution in [0.1, 0.15) is 43.4 Å². The Bertz CT molecular complexity index is 1030. The van der Waals surface area contributed by atoms with Gasteiger partial charge in [-0.3, -0.25) is 0 Å². The van der Waals surface area contributed by atoms with Crippen LogP contribution in [0.5, 0.6) is 0 Å².